The standard InChI is InChI=1S/C11H18N4O2/c1-2-9-12-10(14-13-9)11(17)15-5-3-8(7-15)4-6-16/h8,16H,2-7H2,1H3,(H,12,13,14). The van der Waals surface area contributed by atoms with E-state index in [1.54, 1.807) is 4.90 Å². The van der Waals surface area contributed by atoms with E-state index in [4.69, 9.17) is 5.11 Å². The van der Waals surface area contributed by atoms with Crippen LogP contribution in [-0.2, 0) is 6.42 Å². The van der Waals surface area contributed by atoms with Crippen LogP contribution in [0.5, 0.6) is 0 Å². The van der Waals surface area contributed by atoms with Crippen molar-refractivity contribution < 1.29 is 9.90 Å². The van der Waals surface area contributed by atoms with Crippen molar-refractivity contribution in [1.29, 1.82) is 0 Å². The van der Waals surface area contributed by atoms with E-state index < -0.39 is 0 Å². The van der Waals surface area contributed by atoms with Crippen LogP contribution >= 0.6 is 0 Å². The maximum absolute atomic E-state index is 12.0. The Morgan fingerprint density at radius 1 is 1.65 bits per heavy atom. The van der Waals surface area contributed by atoms with Gasteiger partial charge in [-0.2, -0.15) is 0 Å². The number of aliphatic hydroxyl groups is 1. The SMILES string of the molecule is CCc1nc(C(=O)N2CCC(CCO)C2)n[nH]1. The quantitative estimate of drug-likeness (QED) is 0.785. The van der Waals surface area contributed by atoms with Gasteiger partial charge in [-0.1, -0.05) is 6.92 Å². The number of aliphatic hydroxyl groups excluding tert-OH is 1. The third-order valence-corrected chi connectivity index (χ3v) is 3.17. The molecule has 94 valence electrons. The maximum Gasteiger partial charge on any atom is 0.293 e. The number of rotatable bonds is 4. The number of H-pyrrole nitrogens is 1. The smallest absolute Gasteiger partial charge is 0.293 e. The Kier molecular flexibility index (Phi) is 3.73. The third kappa shape index (κ3) is 2.63. The van der Waals surface area contributed by atoms with Crippen LogP contribution in [0.4, 0.5) is 0 Å². The molecule has 0 radical (unpaired) electrons. The van der Waals surface area contributed by atoms with Crippen molar-refractivity contribution in [3.05, 3.63) is 11.6 Å². The second-order valence-electron chi connectivity index (χ2n) is 4.38. The Morgan fingerprint density at radius 3 is 3.12 bits per heavy atom. The summed E-state index contributed by atoms with van der Waals surface area (Å²) in [6.07, 6.45) is 2.46. The lowest BCUT2D eigenvalue weighted by atomic mass is 10.1. The van der Waals surface area contributed by atoms with Gasteiger partial charge >= 0.3 is 0 Å². The van der Waals surface area contributed by atoms with Crippen LogP contribution in [0, 0.1) is 5.92 Å². The molecule has 1 saturated heterocycles. The van der Waals surface area contributed by atoms with Crippen molar-refractivity contribution in [3.8, 4) is 0 Å². The molecule has 0 saturated carbocycles. The van der Waals surface area contributed by atoms with E-state index in [9.17, 15) is 4.79 Å². The van der Waals surface area contributed by atoms with Gasteiger partial charge in [0.1, 0.15) is 5.82 Å². The summed E-state index contributed by atoms with van der Waals surface area (Å²) in [6.45, 7) is 3.59. The fourth-order valence-electron chi connectivity index (χ4n) is 2.13. The first-order valence-electron chi connectivity index (χ1n) is 6.06. The minimum absolute atomic E-state index is 0.110. The highest BCUT2D eigenvalue weighted by atomic mass is 16.3. The van der Waals surface area contributed by atoms with Gasteiger partial charge in [0, 0.05) is 26.1 Å². The molecule has 2 rings (SSSR count). The van der Waals surface area contributed by atoms with Gasteiger partial charge in [-0.25, -0.2) is 4.98 Å². The summed E-state index contributed by atoms with van der Waals surface area (Å²) in [5.74, 6) is 1.29. The summed E-state index contributed by atoms with van der Waals surface area (Å²) in [6, 6.07) is 0. The molecule has 1 aliphatic heterocycles. The van der Waals surface area contributed by atoms with Gasteiger partial charge in [0.05, 0.1) is 0 Å². The summed E-state index contributed by atoms with van der Waals surface area (Å²) in [4.78, 5) is 17.9. The summed E-state index contributed by atoms with van der Waals surface area (Å²) < 4.78 is 0. The number of amides is 1. The molecule has 1 aliphatic rings. The number of likely N-dealkylation sites (tertiary alicyclic amines) is 1. The topological polar surface area (TPSA) is 82.1 Å². The molecule has 1 unspecified atom stereocenters. The maximum atomic E-state index is 12.0. The van der Waals surface area contributed by atoms with Crippen LogP contribution in [0.2, 0.25) is 0 Å². The molecular formula is C11H18N4O2. The molecule has 1 atom stereocenters. The number of aromatic amines is 1. The molecule has 1 amide bonds. The number of carbonyl (C=O) groups excluding carboxylic acids is 1. The van der Waals surface area contributed by atoms with Crippen LogP contribution in [0.1, 0.15) is 36.2 Å². The normalized spacial score (nSPS) is 19.9. The van der Waals surface area contributed by atoms with E-state index in [1.807, 2.05) is 6.92 Å². The highest BCUT2D eigenvalue weighted by Crippen LogP contribution is 2.20. The van der Waals surface area contributed by atoms with Gasteiger partial charge in [-0.3, -0.25) is 9.89 Å². The predicted molar refractivity (Wildman–Crippen MR) is 61.5 cm³/mol. The van der Waals surface area contributed by atoms with Gasteiger partial charge in [0.15, 0.2) is 0 Å². The Balaban J connectivity index is 1.96. The number of nitrogens with zero attached hydrogens (tertiary/aromatic N) is 3. The Hall–Kier alpha value is -1.43. The predicted octanol–water partition coefficient (Wildman–Crippen LogP) is 0.212. The van der Waals surface area contributed by atoms with E-state index in [-0.39, 0.29) is 18.3 Å². The molecule has 17 heavy (non-hydrogen) atoms. The zero-order valence-corrected chi connectivity index (χ0v) is 10.0. The molecule has 6 heteroatoms. The lowest BCUT2D eigenvalue weighted by Gasteiger charge is -2.13. The lowest BCUT2D eigenvalue weighted by molar-refractivity contribution is 0.0773. The number of hydrogen-bond donors (Lipinski definition) is 2. The molecular weight excluding hydrogens is 220 g/mol. The minimum Gasteiger partial charge on any atom is -0.396 e. The number of aromatic nitrogens is 3. The number of hydrogen-bond acceptors (Lipinski definition) is 4. The first kappa shape index (κ1) is 12.0. The van der Waals surface area contributed by atoms with Crippen molar-refractivity contribution in [2.24, 2.45) is 5.92 Å². The molecule has 2 N–H and O–H groups in total. The molecule has 2 heterocycles. The van der Waals surface area contributed by atoms with E-state index in [0.29, 0.717) is 12.5 Å². The van der Waals surface area contributed by atoms with Crippen molar-refractivity contribution >= 4 is 5.91 Å². The summed E-state index contributed by atoms with van der Waals surface area (Å²) in [5.41, 5.74) is 0. The van der Waals surface area contributed by atoms with Crippen LogP contribution < -0.4 is 0 Å². The molecule has 1 aromatic heterocycles. The van der Waals surface area contributed by atoms with Gasteiger partial charge in [-0.15, -0.1) is 5.10 Å². The third-order valence-electron chi connectivity index (χ3n) is 3.17. The highest BCUT2D eigenvalue weighted by molar-refractivity contribution is 5.90. The molecule has 0 spiro atoms. The highest BCUT2D eigenvalue weighted by Gasteiger charge is 2.28. The zero-order valence-electron chi connectivity index (χ0n) is 10.0. The minimum atomic E-state index is -0.110. The average Bonchev–Trinajstić information content (AvgIpc) is 2.97. The van der Waals surface area contributed by atoms with Crippen molar-refractivity contribution in [2.75, 3.05) is 19.7 Å². The van der Waals surface area contributed by atoms with Gasteiger partial charge in [-0.05, 0) is 18.8 Å². The Morgan fingerprint density at radius 2 is 2.47 bits per heavy atom. The van der Waals surface area contributed by atoms with Gasteiger partial charge in [0.2, 0.25) is 5.82 Å². The lowest BCUT2D eigenvalue weighted by Crippen LogP contribution is -2.29. The second kappa shape index (κ2) is 5.27. The summed E-state index contributed by atoms with van der Waals surface area (Å²) >= 11 is 0. The van der Waals surface area contributed by atoms with Crippen LogP contribution in [-0.4, -0.2) is 50.8 Å². The van der Waals surface area contributed by atoms with Crippen molar-refractivity contribution in [3.63, 3.8) is 0 Å². The van der Waals surface area contributed by atoms with Crippen LogP contribution in [0.15, 0.2) is 0 Å². The Labute approximate surface area is 100 Å². The fourth-order valence-corrected chi connectivity index (χ4v) is 2.13. The van der Waals surface area contributed by atoms with Crippen molar-refractivity contribution in [1.82, 2.24) is 20.1 Å². The van der Waals surface area contributed by atoms with E-state index in [0.717, 1.165) is 31.6 Å². The number of carbonyl (C=O) groups is 1. The van der Waals surface area contributed by atoms with E-state index in [1.165, 1.54) is 0 Å². The average molecular weight is 238 g/mol. The molecule has 1 fully saturated rings. The second-order valence-corrected chi connectivity index (χ2v) is 4.38. The first-order chi connectivity index (χ1) is 8.24. The zero-order chi connectivity index (χ0) is 12.3. The molecule has 6 nitrogen and oxygen atoms in total. The van der Waals surface area contributed by atoms with Crippen molar-refractivity contribution in [2.45, 2.75) is 26.2 Å². The monoisotopic (exact) mass is 238 g/mol. The Bertz CT molecular complexity index is 391. The van der Waals surface area contributed by atoms with Gasteiger partial charge in [0.25, 0.3) is 5.91 Å². The summed E-state index contributed by atoms with van der Waals surface area (Å²) in [5, 5.41) is 15.5. The first-order valence-corrected chi connectivity index (χ1v) is 6.06. The summed E-state index contributed by atoms with van der Waals surface area (Å²) in [7, 11) is 0. The number of nitrogens with one attached hydrogen (secondary N) is 1. The van der Waals surface area contributed by atoms with E-state index >= 15 is 0 Å². The largest absolute Gasteiger partial charge is 0.396 e. The van der Waals surface area contributed by atoms with Crippen LogP contribution in [0.25, 0.3) is 0 Å². The van der Waals surface area contributed by atoms with Crippen LogP contribution in [0.3, 0.4) is 0 Å². The fraction of sp³-hybridized carbons (Fsp3) is 0.727. The molecule has 0 bridgehead atoms. The molecule has 1 aromatic rings. The number of aryl methyl sites for hydroxylation is 1. The van der Waals surface area contributed by atoms with E-state index in [2.05, 4.69) is 15.2 Å². The molecule has 0 aromatic carbocycles. The van der Waals surface area contributed by atoms with Gasteiger partial charge < -0.3 is 10.0 Å². The molecule has 0 aliphatic carbocycles.